The van der Waals surface area contributed by atoms with Gasteiger partial charge in [0.2, 0.25) is 0 Å². The zero-order valence-corrected chi connectivity index (χ0v) is 13.1. The second kappa shape index (κ2) is 7.20. The van der Waals surface area contributed by atoms with E-state index in [4.69, 9.17) is 0 Å². The Kier molecular flexibility index (Phi) is 5.31. The van der Waals surface area contributed by atoms with Crippen molar-refractivity contribution in [1.29, 1.82) is 0 Å². The van der Waals surface area contributed by atoms with Gasteiger partial charge in [-0.2, -0.15) is 5.10 Å². The van der Waals surface area contributed by atoms with Gasteiger partial charge in [-0.1, -0.05) is 45.9 Å². The lowest BCUT2D eigenvalue weighted by Crippen LogP contribution is -2.19. The van der Waals surface area contributed by atoms with Crippen LogP contribution in [-0.2, 0) is 11.8 Å². The highest BCUT2D eigenvalue weighted by Gasteiger charge is 2.05. The van der Waals surface area contributed by atoms with Crippen molar-refractivity contribution in [3.05, 3.63) is 40.6 Å². The number of nitrogens with one attached hydrogen (secondary N) is 1. The zero-order valence-electron chi connectivity index (χ0n) is 10.7. The van der Waals surface area contributed by atoms with Crippen LogP contribution in [0.2, 0.25) is 0 Å². The molecule has 0 aliphatic heterocycles. The molecule has 0 saturated carbocycles. The van der Waals surface area contributed by atoms with E-state index in [1.807, 2.05) is 31.3 Å². The molecule has 1 heterocycles. The van der Waals surface area contributed by atoms with E-state index >= 15 is 0 Å². The fraction of sp³-hybridized carbons (Fsp3) is 0.167. The number of nitrogens with zero attached hydrogens (tertiary/aromatic N) is 4. The number of amides is 1. The Bertz CT molecular complexity index is 628. The second-order valence-corrected chi connectivity index (χ2v) is 5.62. The number of aryl methyl sites for hydroxylation is 1. The molecule has 0 radical (unpaired) electrons. The van der Waals surface area contributed by atoms with Crippen molar-refractivity contribution < 1.29 is 4.79 Å². The van der Waals surface area contributed by atoms with Gasteiger partial charge in [-0.25, -0.2) is 5.43 Å². The number of carbonyl (C=O) groups excluding carboxylic acids is 1. The normalized spacial score (nSPS) is 10.9. The molecule has 1 N–H and O–H groups in total. The van der Waals surface area contributed by atoms with Crippen LogP contribution in [0.25, 0.3) is 0 Å². The molecular formula is C12H12BrN5OS. The van der Waals surface area contributed by atoms with Crippen molar-refractivity contribution in [1.82, 2.24) is 20.2 Å². The summed E-state index contributed by atoms with van der Waals surface area (Å²) >= 11 is 4.71. The Morgan fingerprint density at radius 2 is 2.35 bits per heavy atom. The van der Waals surface area contributed by atoms with E-state index in [9.17, 15) is 4.79 Å². The molecule has 20 heavy (non-hydrogen) atoms. The van der Waals surface area contributed by atoms with E-state index < -0.39 is 0 Å². The van der Waals surface area contributed by atoms with Crippen LogP contribution in [0.15, 0.2) is 45.3 Å². The van der Waals surface area contributed by atoms with E-state index in [2.05, 4.69) is 36.7 Å². The van der Waals surface area contributed by atoms with Crippen LogP contribution in [-0.4, -0.2) is 32.6 Å². The maximum absolute atomic E-state index is 11.6. The SMILES string of the molecule is Cn1cnnc1SCC(=O)N/N=C\c1ccccc1Br. The van der Waals surface area contributed by atoms with Crippen molar-refractivity contribution in [2.45, 2.75) is 5.16 Å². The quantitative estimate of drug-likeness (QED) is 0.505. The minimum absolute atomic E-state index is 0.193. The number of aromatic nitrogens is 3. The first-order valence-corrected chi connectivity index (χ1v) is 7.48. The Morgan fingerprint density at radius 1 is 1.55 bits per heavy atom. The van der Waals surface area contributed by atoms with E-state index in [1.165, 1.54) is 11.8 Å². The average molecular weight is 354 g/mol. The summed E-state index contributed by atoms with van der Waals surface area (Å²) in [5.41, 5.74) is 3.37. The lowest BCUT2D eigenvalue weighted by Gasteiger charge is -2.00. The van der Waals surface area contributed by atoms with Gasteiger partial charge in [0.15, 0.2) is 5.16 Å². The molecule has 2 aromatic rings. The lowest BCUT2D eigenvalue weighted by molar-refractivity contribution is -0.118. The van der Waals surface area contributed by atoms with Gasteiger partial charge in [0.05, 0.1) is 12.0 Å². The van der Waals surface area contributed by atoms with Gasteiger partial charge in [-0.15, -0.1) is 10.2 Å². The number of rotatable bonds is 5. The summed E-state index contributed by atoms with van der Waals surface area (Å²) in [7, 11) is 1.82. The van der Waals surface area contributed by atoms with E-state index in [0.29, 0.717) is 5.16 Å². The van der Waals surface area contributed by atoms with Gasteiger partial charge in [-0.3, -0.25) is 4.79 Å². The maximum atomic E-state index is 11.6. The van der Waals surface area contributed by atoms with Crippen LogP contribution in [0.4, 0.5) is 0 Å². The van der Waals surface area contributed by atoms with Crippen molar-refractivity contribution in [2.75, 3.05) is 5.75 Å². The van der Waals surface area contributed by atoms with Crippen molar-refractivity contribution in [3.8, 4) is 0 Å². The predicted octanol–water partition coefficient (Wildman–Crippen LogP) is 1.82. The molecular weight excluding hydrogens is 342 g/mol. The fourth-order valence-corrected chi connectivity index (χ4v) is 2.39. The number of thioether (sulfide) groups is 1. The first-order chi connectivity index (χ1) is 9.66. The van der Waals surface area contributed by atoms with Gasteiger partial charge >= 0.3 is 0 Å². The van der Waals surface area contributed by atoms with E-state index in [0.717, 1.165) is 10.0 Å². The molecule has 1 aromatic carbocycles. The van der Waals surface area contributed by atoms with Crippen LogP contribution in [0.5, 0.6) is 0 Å². The minimum Gasteiger partial charge on any atom is -0.312 e. The van der Waals surface area contributed by atoms with Gasteiger partial charge in [0, 0.05) is 17.1 Å². The van der Waals surface area contributed by atoms with Crippen LogP contribution >= 0.6 is 27.7 Å². The summed E-state index contributed by atoms with van der Waals surface area (Å²) in [6, 6.07) is 7.62. The number of hydrogen-bond acceptors (Lipinski definition) is 5. The number of hydrogen-bond donors (Lipinski definition) is 1. The Hall–Kier alpha value is -1.67. The minimum atomic E-state index is -0.193. The number of halogens is 1. The number of carbonyl (C=O) groups is 1. The lowest BCUT2D eigenvalue weighted by atomic mass is 10.2. The van der Waals surface area contributed by atoms with Crippen LogP contribution in [0.3, 0.4) is 0 Å². The first-order valence-electron chi connectivity index (χ1n) is 5.70. The molecule has 0 fully saturated rings. The predicted molar refractivity (Wildman–Crippen MR) is 81.6 cm³/mol. The van der Waals surface area contributed by atoms with Gasteiger partial charge in [0.1, 0.15) is 6.33 Å². The molecule has 0 spiro atoms. The monoisotopic (exact) mass is 353 g/mol. The van der Waals surface area contributed by atoms with Gasteiger partial charge in [0.25, 0.3) is 5.91 Å². The molecule has 1 aromatic heterocycles. The summed E-state index contributed by atoms with van der Waals surface area (Å²) in [4.78, 5) is 11.6. The molecule has 0 saturated heterocycles. The first kappa shape index (κ1) is 14.7. The molecule has 104 valence electrons. The topological polar surface area (TPSA) is 72.2 Å². The highest BCUT2D eigenvalue weighted by Crippen LogP contribution is 2.14. The van der Waals surface area contributed by atoms with E-state index in [-0.39, 0.29) is 11.7 Å². The third-order valence-electron chi connectivity index (χ3n) is 2.30. The third-order valence-corrected chi connectivity index (χ3v) is 4.06. The summed E-state index contributed by atoms with van der Waals surface area (Å²) in [5, 5.41) is 12.2. The highest BCUT2D eigenvalue weighted by atomic mass is 79.9. The van der Waals surface area contributed by atoms with E-state index in [1.54, 1.807) is 17.1 Å². The number of hydrazone groups is 1. The Morgan fingerprint density at radius 3 is 3.05 bits per heavy atom. The number of benzene rings is 1. The molecule has 0 bridgehead atoms. The maximum Gasteiger partial charge on any atom is 0.250 e. The molecule has 1 amide bonds. The van der Waals surface area contributed by atoms with Crippen molar-refractivity contribution in [2.24, 2.45) is 12.1 Å². The standard InChI is InChI=1S/C12H12BrN5OS/c1-18-8-15-17-12(18)20-7-11(19)16-14-6-9-4-2-3-5-10(9)13/h2-6,8H,7H2,1H3,(H,16,19)/b14-6-. The van der Waals surface area contributed by atoms with Crippen molar-refractivity contribution >= 4 is 39.8 Å². The van der Waals surface area contributed by atoms with Crippen LogP contribution < -0.4 is 5.43 Å². The molecule has 0 unspecified atom stereocenters. The largest absolute Gasteiger partial charge is 0.312 e. The van der Waals surface area contributed by atoms with Crippen molar-refractivity contribution in [3.63, 3.8) is 0 Å². The fourth-order valence-electron chi connectivity index (χ4n) is 1.32. The summed E-state index contributed by atoms with van der Waals surface area (Å²) in [5.74, 6) is 0.0427. The van der Waals surface area contributed by atoms with Crippen LogP contribution in [0, 0.1) is 0 Å². The Labute approximate surface area is 128 Å². The Balaban J connectivity index is 1.81. The van der Waals surface area contributed by atoms with Gasteiger partial charge < -0.3 is 4.57 Å². The average Bonchev–Trinajstić information content (AvgIpc) is 2.84. The molecule has 0 aliphatic carbocycles. The van der Waals surface area contributed by atoms with Crippen LogP contribution in [0.1, 0.15) is 5.56 Å². The summed E-state index contributed by atoms with van der Waals surface area (Å²) in [6.07, 6.45) is 3.18. The molecule has 0 atom stereocenters. The molecule has 6 nitrogen and oxygen atoms in total. The smallest absolute Gasteiger partial charge is 0.250 e. The summed E-state index contributed by atoms with van der Waals surface area (Å²) < 4.78 is 2.67. The second-order valence-electron chi connectivity index (χ2n) is 3.83. The highest BCUT2D eigenvalue weighted by molar-refractivity contribution is 9.10. The molecule has 8 heteroatoms. The molecule has 0 aliphatic rings. The van der Waals surface area contributed by atoms with Gasteiger partial charge in [-0.05, 0) is 6.07 Å². The molecule has 2 rings (SSSR count). The third kappa shape index (κ3) is 4.17. The summed E-state index contributed by atoms with van der Waals surface area (Å²) in [6.45, 7) is 0. The zero-order chi connectivity index (χ0) is 14.4.